The van der Waals surface area contributed by atoms with Gasteiger partial charge in [0.05, 0.1) is 6.61 Å². The van der Waals surface area contributed by atoms with Crippen molar-refractivity contribution >= 4 is 12.0 Å². The van der Waals surface area contributed by atoms with Crippen LogP contribution in [0.3, 0.4) is 0 Å². The number of piperidine rings is 1. The number of hydrogen-bond acceptors (Lipinski definition) is 3. The number of nitrogens with zero attached hydrogens (tertiary/aromatic N) is 1. The molecule has 0 radical (unpaired) electrons. The molecule has 0 aromatic rings. The molecule has 0 aromatic carbocycles. The van der Waals surface area contributed by atoms with Gasteiger partial charge in [-0.05, 0) is 38.5 Å². The molecule has 2 fully saturated rings. The van der Waals surface area contributed by atoms with Crippen LogP contribution in [-0.4, -0.2) is 43.1 Å². The summed E-state index contributed by atoms with van der Waals surface area (Å²) in [5.41, 5.74) is 0. The summed E-state index contributed by atoms with van der Waals surface area (Å²) in [6.07, 6.45) is 3.74. The van der Waals surface area contributed by atoms with Crippen LogP contribution in [0.4, 0.5) is 4.79 Å². The fourth-order valence-electron chi connectivity index (χ4n) is 2.25. The average Bonchev–Trinajstić information content (AvgIpc) is 3.20. The molecular weight excluding hydrogens is 232 g/mol. The van der Waals surface area contributed by atoms with E-state index in [0.717, 1.165) is 19.4 Å². The van der Waals surface area contributed by atoms with Gasteiger partial charge in [-0.3, -0.25) is 4.79 Å². The molecule has 102 valence electrons. The van der Waals surface area contributed by atoms with Crippen molar-refractivity contribution in [3.8, 4) is 0 Å². The summed E-state index contributed by atoms with van der Waals surface area (Å²) in [7, 11) is 0. The molecule has 1 saturated heterocycles. The summed E-state index contributed by atoms with van der Waals surface area (Å²) in [4.78, 5) is 25.1. The van der Waals surface area contributed by atoms with Gasteiger partial charge in [0.15, 0.2) is 0 Å². The second-order valence-electron chi connectivity index (χ2n) is 5.15. The fraction of sp³-hybridized carbons (Fsp3) is 0.846. The van der Waals surface area contributed by atoms with Gasteiger partial charge in [-0.1, -0.05) is 0 Å². The van der Waals surface area contributed by atoms with Crippen molar-refractivity contribution < 1.29 is 14.3 Å². The normalized spacial score (nSPS) is 20.6. The third-order valence-electron chi connectivity index (χ3n) is 3.65. The first kappa shape index (κ1) is 13.2. The Labute approximate surface area is 108 Å². The van der Waals surface area contributed by atoms with E-state index in [2.05, 4.69) is 5.32 Å². The predicted octanol–water partition coefficient (Wildman–Crippen LogP) is 1.38. The highest BCUT2D eigenvalue weighted by molar-refractivity contribution is 5.79. The molecule has 1 heterocycles. The maximum absolute atomic E-state index is 11.9. The Balaban J connectivity index is 1.68. The Bertz CT molecular complexity index is 307. The van der Waals surface area contributed by atoms with Crippen molar-refractivity contribution in [2.75, 3.05) is 26.2 Å². The first-order valence-corrected chi connectivity index (χ1v) is 6.90. The first-order valence-electron chi connectivity index (χ1n) is 6.90. The number of rotatable bonds is 4. The van der Waals surface area contributed by atoms with Crippen LogP contribution < -0.4 is 5.32 Å². The SMILES string of the molecule is CCOC(=O)N1CCC(C(=O)NCC2CC2)CC1. The van der Waals surface area contributed by atoms with E-state index in [1.165, 1.54) is 12.8 Å². The van der Waals surface area contributed by atoms with E-state index in [0.29, 0.717) is 25.6 Å². The van der Waals surface area contributed by atoms with Crippen LogP contribution in [0.15, 0.2) is 0 Å². The number of hydrogen-bond donors (Lipinski definition) is 1. The van der Waals surface area contributed by atoms with Crippen LogP contribution in [0.1, 0.15) is 32.6 Å². The molecular formula is C13H22N2O3. The molecule has 1 aliphatic heterocycles. The molecule has 5 nitrogen and oxygen atoms in total. The highest BCUT2D eigenvalue weighted by atomic mass is 16.6. The minimum Gasteiger partial charge on any atom is -0.450 e. The molecule has 0 spiro atoms. The number of amides is 2. The van der Waals surface area contributed by atoms with Crippen LogP contribution in [0.2, 0.25) is 0 Å². The van der Waals surface area contributed by atoms with Crippen LogP contribution in [-0.2, 0) is 9.53 Å². The highest BCUT2D eigenvalue weighted by Crippen LogP contribution is 2.28. The van der Waals surface area contributed by atoms with Gasteiger partial charge in [0.25, 0.3) is 0 Å². The van der Waals surface area contributed by atoms with Gasteiger partial charge < -0.3 is 15.0 Å². The van der Waals surface area contributed by atoms with E-state index in [4.69, 9.17) is 4.74 Å². The Morgan fingerprint density at radius 2 is 1.89 bits per heavy atom. The number of nitrogens with one attached hydrogen (secondary N) is 1. The molecule has 18 heavy (non-hydrogen) atoms. The second kappa shape index (κ2) is 6.07. The van der Waals surface area contributed by atoms with E-state index < -0.39 is 0 Å². The van der Waals surface area contributed by atoms with Gasteiger partial charge in [0.1, 0.15) is 0 Å². The lowest BCUT2D eigenvalue weighted by molar-refractivity contribution is -0.126. The summed E-state index contributed by atoms with van der Waals surface area (Å²) >= 11 is 0. The number of ether oxygens (including phenoxy) is 1. The van der Waals surface area contributed by atoms with Gasteiger partial charge in [-0.2, -0.15) is 0 Å². The van der Waals surface area contributed by atoms with Crippen molar-refractivity contribution in [1.82, 2.24) is 10.2 Å². The minimum atomic E-state index is -0.255. The van der Waals surface area contributed by atoms with Gasteiger partial charge in [-0.25, -0.2) is 4.79 Å². The quantitative estimate of drug-likeness (QED) is 0.824. The second-order valence-corrected chi connectivity index (χ2v) is 5.15. The Kier molecular flexibility index (Phi) is 4.44. The monoisotopic (exact) mass is 254 g/mol. The van der Waals surface area contributed by atoms with Gasteiger partial charge in [0, 0.05) is 25.6 Å². The van der Waals surface area contributed by atoms with Gasteiger partial charge in [0.2, 0.25) is 5.91 Å². The van der Waals surface area contributed by atoms with E-state index in [1.807, 2.05) is 0 Å². The van der Waals surface area contributed by atoms with Crippen LogP contribution in [0.25, 0.3) is 0 Å². The maximum atomic E-state index is 11.9. The Hall–Kier alpha value is -1.26. The van der Waals surface area contributed by atoms with Gasteiger partial charge >= 0.3 is 6.09 Å². The lowest BCUT2D eigenvalue weighted by Crippen LogP contribution is -2.43. The average molecular weight is 254 g/mol. The summed E-state index contributed by atoms with van der Waals surface area (Å²) in [5, 5.41) is 3.01. The molecule has 0 unspecified atom stereocenters. The van der Waals surface area contributed by atoms with E-state index in [9.17, 15) is 9.59 Å². The smallest absolute Gasteiger partial charge is 0.409 e. The number of likely N-dealkylation sites (tertiary alicyclic amines) is 1. The maximum Gasteiger partial charge on any atom is 0.409 e. The van der Waals surface area contributed by atoms with Gasteiger partial charge in [-0.15, -0.1) is 0 Å². The lowest BCUT2D eigenvalue weighted by atomic mass is 9.96. The topological polar surface area (TPSA) is 58.6 Å². The number of carbonyl (C=O) groups excluding carboxylic acids is 2. The molecule has 1 N–H and O–H groups in total. The minimum absolute atomic E-state index is 0.0643. The fourth-order valence-corrected chi connectivity index (χ4v) is 2.25. The Morgan fingerprint density at radius 3 is 2.44 bits per heavy atom. The molecule has 0 aromatic heterocycles. The third kappa shape index (κ3) is 3.62. The van der Waals surface area contributed by atoms with Crippen molar-refractivity contribution in [2.24, 2.45) is 11.8 Å². The molecule has 2 rings (SSSR count). The molecule has 1 aliphatic carbocycles. The molecule has 0 bridgehead atoms. The van der Waals surface area contributed by atoms with E-state index >= 15 is 0 Å². The molecule has 2 aliphatic rings. The molecule has 0 atom stereocenters. The summed E-state index contributed by atoms with van der Waals surface area (Å²) in [6.45, 7) is 4.29. The predicted molar refractivity (Wildman–Crippen MR) is 67.1 cm³/mol. The van der Waals surface area contributed by atoms with Crippen molar-refractivity contribution in [3.63, 3.8) is 0 Å². The zero-order valence-electron chi connectivity index (χ0n) is 11.0. The number of carbonyl (C=O) groups is 2. The van der Waals surface area contributed by atoms with Crippen molar-refractivity contribution in [2.45, 2.75) is 32.6 Å². The van der Waals surface area contributed by atoms with Crippen molar-refractivity contribution in [3.05, 3.63) is 0 Å². The van der Waals surface area contributed by atoms with Crippen molar-refractivity contribution in [1.29, 1.82) is 0 Å². The van der Waals surface area contributed by atoms with E-state index in [1.54, 1.807) is 11.8 Å². The zero-order chi connectivity index (χ0) is 13.0. The summed E-state index contributed by atoms with van der Waals surface area (Å²) in [6, 6.07) is 0. The third-order valence-corrected chi connectivity index (χ3v) is 3.65. The summed E-state index contributed by atoms with van der Waals surface area (Å²) < 4.78 is 4.95. The van der Waals surface area contributed by atoms with Crippen LogP contribution >= 0.6 is 0 Å². The largest absolute Gasteiger partial charge is 0.450 e. The summed E-state index contributed by atoms with van der Waals surface area (Å²) in [5.74, 6) is 0.938. The lowest BCUT2D eigenvalue weighted by Gasteiger charge is -2.30. The molecule has 5 heteroatoms. The van der Waals surface area contributed by atoms with Crippen LogP contribution in [0.5, 0.6) is 0 Å². The molecule has 1 saturated carbocycles. The van der Waals surface area contributed by atoms with Crippen LogP contribution in [0, 0.1) is 11.8 Å². The highest BCUT2D eigenvalue weighted by Gasteiger charge is 2.29. The standard InChI is InChI=1S/C13H22N2O3/c1-2-18-13(17)15-7-5-11(6-8-15)12(16)14-9-10-3-4-10/h10-11H,2-9H2,1H3,(H,14,16). The van der Waals surface area contributed by atoms with E-state index in [-0.39, 0.29) is 17.9 Å². The zero-order valence-corrected chi connectivity index (χ0v) is 11.0. The Morgan fingerprint density at radius 1 is 1.22 bits per heavy atom. The molecule has 2 amide bonds. The first-order chi connectivity index (χ1) is 8.70.